The molecule has 1 aliphatic heterocycles. The van der Waals surface area contributed by atoms with Crippen molar-refractivity contribution in [3.05, 3.63) is 46.0 Å². The van der Waals surface area contributed by atoms with Crippen LogP contribution in [0, 0.1) is 15.5 Å². The third kappa shape index (κ3) is 6.08. The summed E-state index contributed by atoms with van der Waals surface area (Å²) < 4.78 is 16.3. The van der Waals surface area contributed by atoms with Crippen LogP contribution in [0.25, 0.3) is 0 Å². The number of aliphatic hydroxyl groups excluding tert-OH is 1. The number of benzene rings is 1. The lowest BCUT2D eigenvalue weighted by Crippen LogP contribution is -2.66. The smallest absolute Gasteiger partial charge is 0.324 e. The van der Waals surface area contributed by atoms with Crippen molar-refractivity contribution in [2.75, 3.05) is 33.9 Å². The minimum Gasteiger partial charge on any atom is -0.493 e. The third-order valence-electron chi connectivity index (χ3n) is 6.90. The van der Waals surface area contributed by atoms with E-state index in [0.29, 0.717) is 23.6 Å². The Hall–Kier alpha value is -3.22. The average molecular weight is 535 g/mol. The van der Waals surface area contributed by atoms with Crippen molar-refractivity contribution in [3.8, 4) is 11.5 Å². The summed E-state index contributed by atoms with van der Waals surface area (Å²) in [5.74, 6) is -0.669. The molecule has 1 heterocycles. The fraction of sp³-hybridized carbons (Fsp3) is 0.615. The zero-order chi connectivity index (χ0) is 28.1. The number of hydrogen-bond acceptors (Lipinski definition) is 10. The lowest BCUT2D eigenvalue weighted by molar-refractivity contribution is -0.562. The summed E-state index contributed by atoms with van der Waals surface area (Å²) in [4.78, 5) is 39.4. The van der Waals surface area contributed by atoms with Gasteiger partial charge in [0.25, 0.3) is 5.54 Å². The summed E-state index contributed by atoms with van der Waals surface area (Å²) in [6.07, 6.45) is 2.89. The van der Waals surface area contributed by atoms with Gasteiger partial charge in [0, 0.05) is 24.1 Å². The standard InChI is InChI=1S/C26H38N4O8/c1-24(2,3)38-23(33)26(22(32)28-13-17-6-7-19(36-4)20(12-17)37-5)15-25(16-31,30(34)35)10-8-21(26)29-18-9-11-27-14-18/h6-8,10,12,18,21,27,29,31H,9,11,13-16H2,1-5H3,(H,28,32)/t18-,21?,25+,26?/m0/s1. The topological polar surface area (TPSA) is 161 Å². The molecule has 0 radical (unpaired) electrons. The van der Waals surface area contributed by atoms with Gasteiger partial charge >= 0.3 is 5.97 Å². The Balaban J connectivity index is 2.04. The number of nitrogens with one attached hydrogen (secondary N) is 3. The molecule has 0 spiro atoms. The molecule has 2 aliphatic rings. The SMILES string of the molecule is COc1ccc(CNC(=O)C2(C(=O)OC(C)(C)C)C[C@](CO)([N+](=O)[O-])C=CC2N[C@H]2CCNC2)cc1OC. The minimum absolute atomic E-state index is 0.00967. The molecule has 0 saturated carbocycles. The van der Waals surface area contributed by atoms with E-state index in [0.717, 1.165) is 13.0 Å². The number of esters is 1. The van der Waals surface area contributed by atoms with Gasteiger partial charge in [-0.2, -0.15) is 0 Å². The first-order chi connectivity index (χ1) is 17.9. The Labute approximate surface area is 222 Å². The predicted octanol–water partition coefficient (Wildman–Crippen LogP) is 0.936. The van der Waals surface area contributed by atoms with Gasteiger partial charge in [-0.15, -0.1) is 0 Å². The first kappa shape index (κ1) is 29.3. The number of rotatable bonds is 10. The lowest BCUT2D eigenvalue weighted by atomic mass is 9.65. The summed E-state index contributed by atoms with van der Waals surface area (Å²) >= 11 is 0. The second-order valence-corrected chi connectivity index (χ2v) is 10.7. The molecule has 1 aliphatic carbocycles. The highest BCUT2D eigenvalue weighted by Crippen LogP contribution is 2.42. The number of ether oxygens (including phenoxy) is 3. The summed E-state index contributed by atoms with van der Waals surface area (Å²) in [5.41, 5.74) is -4.38. The Kier molecular flexibility index (Phi) is 9.01. The first-order valence-corrected chi connectivity index (χ1v) is 12.5. The summed E-state index contributed by atoms with van der Waals surface area (Å²) in [7, 11) is 3.00. The van der Waals surface area contributed by atoms with E-state index in [9.17, 15) is 24.8 Å². The number of nitro groups is 1. The van der Waals surface area contributed by atoms with E-state index >= 15 is 0 Å². The van der Waals surface area contributed by atoms with Crippen molar-refractivity contribution in [1.29, 1.82) is 0 Å². The molecular weight excluding hydrogens is 496 g/mol. The number of nitrogens with zero attached hydrogens (tertiary/aromatic N) is 1. The highest BCUT2D eigenvalue weighted by atomic mass is 16.6. The molecule has 12 heteroatoms. The molecule has 4 atom stereocenters. The van der Waals surface area contributed by atoms with Crippen LogP contribution in [0.3, 0.4) is 0 Å². The molecule has 2 unspecified atom stereocenters. The zero-order valence-electron chi connectivity index (χ0n) is 22.5. The maximum Gasteiger partial charge on any atom is 0.324 e. The maximum atomic E-state index is 14.0. The van der Waals surface area contributed by atoms with Crippen molar-refractivity contribution in [2.45, 2.75) is 63.4 Å². The van der Waals surface area contributed by atoms with Crippen molar-refractivity contribution in [1.82, 2.24) is 16.0 Å². The Morgan fingerprint density at radius 3 is 2.50 bits per heavy atom. The van der Waals surface area contributed by atoms with Gasteiger partial charge in [-0.1, -0.05) is 12.1 Å². The molecule has 1 amide bonds. The van der Waals surface area contributed by atoms with Gasteiger partial charge < -0.3 is 35.3 Å². The van der Waals surface area contributed by atoms with E-state index in [1.54, 1.807) is 39.0 Å². The van der Waals surface area contributed by atoms with E-state index in [-0.39, 0.29) is 12.6 Å². The van der Waals surface area contributed by atoms with Crippen LogP contribution in [0.4, 0.5) is 0 Å². The Morgan fingerprint density at radius 1 is 1.24 bits per heavy atom. The molecule has 38 heavy (non-hydrogen) atoms. The van der Waals surface area contributed by atoms with Crippen LogP contribution in [-0.2, 0) is 20.9 Å². The summed E-state index contributed by atoms with van der Waals surface area (Å²) in [5, 5.41) is 31.6. The van der Waals surface area contributed by atoms with Crippen LogP contribution in [0.2, 0.25) is 0 Å². The molecule has 1 saturated heterocycles. The van der Waals surface area contributed by atoms with Crippen LogP contribution >= 0.6 is 0 Å². The minimum atomic E-state index is -2.04. The molecule has 1 aromatic rings. The predicted molar refractivity (Wildman–Crippen MR) is 138 cm³/mol. The van der Waals surface area contributed by atoms with Gasteiger partial charge in [-0.25, -0.2) is 0 Å². The van der Waals surface area contributed by atoms with Crippen LogP contribution in [0.15, 0.2) is 30.4 Å². The monoisotopic (exact) mass is 534 g/mol. The summed E-state index contributed by atoms with van der Waals surface area (Å²) in [6, 6.07) is 4.13. The van der Waals surface area contributed by atoms with Crippen molar-refractivity contribution < 1.29 is 33.8 Å². The second kappa shape index (κ2) is 11.7. The van der Waals surface area contributed by atoms with Crippen molar-refractivity contribution in [2.24, 2.45) is 5.41 Å². The van der Waals surface area contributed by atoms with Gasteiger partial charge in [-0.3, -0.25) is 19.7 Å². The largest absolute Gasteiger partial charge is 0.493 e. The second-order valence-electron chi connectivity index (χ2n) is 10.7. The Bertz CT molecular complexity index is 1070. The molecule has 210 valence electrons. The normalized spacial score (nSPS) is 27.0. The maximum absolute atomic E-state index is 14.0. The molecule has 0 bridgehead atoms. The quantitative estimate of drug-likeness (QED) is 0.112. The molecule has 3 rings (SSSR count). The average Bonchev–Trinajstić information content (AvgIpc) is 3.39. The highest BCUT2D eigenvalue weighted by molar-refractivity contribution is 6.04. The number of aliphatic hydroxyl groups is 1. The van der Waals surface area contributed by atoms with Gasteiger partial charge in [0.2, 0.25) is 5.91 Å². The zero-order valence-corrected chi connectivity index (χ0v) is 22.5. The van der Waals surface area contributed by atoms with Crippen LogP contribution in [0.5, 0.6) is 11.5 Å². The van der Waals surface area contributed by atoms with E-state index in [4.69, 9.17) is 14.2 Å². The number of methoxy groups -OCH3 is 2. The van der Waals surface area contributed by atoms with E-state index in [1.807, 2.05) is 0 Å². The van der Waals surface area contributed by atoms with Crippen LogP contribution < -0.4 is 25.4 Å². The van der Waals surface area contributed by atoms with Gasteiger partial charge in [-0.05, 0) is 57.5 Å². The fourth-order valence-electron chi connectivity index (χ4n) is 4.84. The lowest BCUT2D eigenvalue weighted by Gasteiger charge is -2.43. The highest BCUT2D eigenvalue weighted by Gasteiger charge is 2.63. The summed E-state index contributed by atoms with van der Waals surface area (Å²) in [6.45, 7) is 5.48. The van der Waals surface area contributed by atoms with E-state index in [1.165, 1.54) is 26.4 Å². The number of carbonyl (C=O) groups is 2. The third-order valence-corrected chi connectivity index (χ3v) is 6.90. The molecule has 12 nitrogen and oxygen atoms in total. The Morgan fingerprint density at radius 2 is 1.95 bits per heavy atom. The van der Waals surface area contributed by atoms with Gasteiger partial charge in [0.05, 0.1) is 26.7 Å². The molecule has 0 aromatic heterocycles. The van der Waals surface area contributed by atoms with Gasteiger partial charge in [0.15, 0.2) is 16.9 Å². The van der Waals surface area contributed by atoms with Crippen molar-refractivity contribution >= 4 is 11.9 Å². The first-order valence-electron chi connectivity index (χ1n) is 12.5. The number of hydrogen-bond donors (Lipinski definition) is 4. The van der Waals surface area contributed by atoms with Gasteiger partial charge in [0.1, 0.15) is 12.2 Å². The fourth-order valence-corrected chi connectivity index (χ4v) is 4.84. The van der Waals surface area contributed by atoms with Crippen LogP contribution in [-0.4, -0.2) is 79.0 Å². The van der Waals surface area contributed by atoms with E-state index in [2.05, 4.69) is 16.0 Å². The van der Waals surface area contributed by atoms with Crippen LogP contribution in [0.1, 0.15) is 39.2 Å². The number of carbonyl (C=O) groups excluding carboxylic acids is 2. The van der Waals surface area contributed by atoms with Crippen molar-refractivity contribution in [3.63, 3.8) is 0 Å². The van der Waals surface area contributed by atoms with E-state index < -0.39 is 52.4 Å². The molecule has 1 fully saturated rings. The number of amides is 1. The molecule has 4 N–H and O–H groups in total. The molecule has 1 aromatic carbocycles. The molecular formula is C26H38N4O8.